The third-order valence-electron chi connectivity index (χ3n) is 1.50. The average molecular weight is 190 g/mol. The van der Waals surface area contributed by atoms with Gasteiger partial charge >= 0.3 is 5.97 Å². The monoisotopic (exact) mass is 190 g/mol. The maximum absolute atomic E-state index is 10.7. The van der Waals surface area contributed by atoms with Crippen molar-refractivity contribution in [3.05, 3.63) is 18.6 Å². The quantitative estimate of drug-likeness (QED) is 0.603. The summed E-state index contributed by atoms with van der Waals surface area (Å²) in [6.07, 6.45) is 4.48. The van der Waals surface area contributed by atoms with E-state index in [2.05, 4.69) is 20.2 Å². The second kappa shape index (κ2) is 3.33. The first-order valence-corrected chi connectivity index (χ1v) is 3.88. The van der Waals surface area contributed by atoms with E-state index in [4.69, 9.17) is 4.74 Å². The first kappa shape index (κ1) is 8.49. The lowest BCUT2D eigenvalue weighted by molar-refractivity contribution is -0.132. The molecule has 2 aromatic heterocycles. The fourth-order valence-electron chi connectivity index (χ4n) is 0.996. The lowest BCUT2D eigenvalue weighted by Gasteiger charge is -2.00. The maximum atomic E-state index is 10.7. The van der Waals surface area contributed by atoms with E-state index in [-0.39, 0.29) is 5.88 Å². The van der Waals surface area contributed by atoms with Crippen LogP contribution in [0.5, 0.6) is 5.88 Å². The van der Waals surface area contributed by atoms with Crippen LogP contribution in [-0.2, 0) is 4.79 Å². The molecule has 0 atom stereocenters. The molecule has 2 aromatic rings. The first-order chi connectivity index (χ1) is 6.77. The smallest absolute Gasteiger partial charge is 0.309 e. The third-order valence-corrected chi connectivity index (χ3v) is 1.50. The Balaban J connectivity index is 2.59. The normalized spacial score (nSPS) is 10.1. The molecular weight excluding hydrogens is 184 g/mol. The van der Waals surface area contributed by atoms with Crippen molar-refractivity contribution in [2.45, 2.75) is 6.92 Å². The van der Waals surface area contributed by atoms with Gasteiger partial charge in [-0.25, -0.2) is 4.98 Å². The zero-order valence-electron chi connectivity index (χ0n) is 7.34. The van der Waals surface area contributed by atoms with Gasteiger partial charge in [0.2, 0.25) is 0 Å². The number of carbonyl (C=O) groups excluding carboxylic acids is 1. The van der Waals surface area contributed by atoms with Crippen molar-refractivity contribution < 1.29 is 9.53 Å². The molecule has 0 unspecified atom stereocenters. The van der Waals surface area contributed by atoms with Crippen LogP contribution in [0.15, 0.2) is 18.6 Å². The van der Waals surface area contributed by atoms with E-state index in [0.717, 1.165) is 0 Å². The predicted octanol–water partition coefficient (Wildman–Crippen LogP) is 0.345. The minimum Gasteiger partial charge on any atom is -0.403 e. The van der Waals surface area contributed by atoms with Crippen LogP contribution >= 0.6 is 0 Å². The van der Waals surface area contributed by atoms with Crippen molar-refractivity contribution in [3.63, 3.8) is 0 Å². The van der Waals surface area contributed by atoms with E-state index in [1.54, 1.807) is 0 Å². The standard InChI is InChI=1S/C8H6N4O2/c1-5(13)14-8-7-6(4-11-12-8)9-2-3-10-7/h2-4H,1H3. The summed E-state index contributed by atoms with van der Waals surface area (Å²) in [6.45, 7) is 1.29. The van der Waals surface area contributed by atoms with Crippen LogP contribution in [0.1, 0.15) is 6.92 Å². The molecule has 0 saturated carbocycles. The fraction of sp³-hybridized carbons (Fsp3) is 0.125. The summed E-state index contributed by atoms with van der Waals surface area (Å²) in [5.41, 5.74) is 0.969. The number of ether oxygens (including phenoxy) is 1. The molecule has 70 valence electrons. The average Bonchev–Trinajstić information content (AvgIpc) is 2.18. The molecule has 0 aliphatic rings. The van der Waals surface area contributed by atoms with Gasteiger partial charge in [0, 0.05) is 19.3 Å². The Kier molecular flexibility index (Phi) is 2.02. The van der Waals surface area contributed by atoms with Crippen molar-refractivity contribution in [1.29, 1.82) is 0 Å². The van der Waals surface area contributed by atoms with Gasteiger partial charge in [-0.05, 0) is 0 Å². The summed E-state index contributed by atoms with van der Waals surface area (Å²) in [7, 11) is 0. The van der Waals surface area contributed by atoms with Crippen molar-refractivity contribution in [3.8, 4) is 5.88 Å². The number of hydrogen-bond donors (Lipinski definition) is 0. The van der Waals surface area contributed by atoms with E-state index in [0.29, 0.717) is 11.0 Å². The van der Waals surface area contributed by atoms with E-state index in [9.17, 15) is 4.79 Å². The highest BCUT2D eigenvalue weighted by molar-refractivity contribution is 5.80. The zero-order valence-corrected chi connectivity index (χ0v) is 7.34. The highest BCUT2D eigenvalue weighted by Crippen LogP contribution is 2.16. The van der Waals surface area contributed by atoms with Gasteiger partial charge in [0.05, 0.1) is 6.20 Å². The largest absolute Gasteiger partial charge is 0.403 e. The van der Waals surface area contributed by atoms with Crippen LogP contribution in [0.3, 0.4) is 0 Å². The van der Waals surface area contributed by atoms with Gasteiger partial charge in [-0.2, -0.15) is 5.10 Å². The molecule has 0 spiro atoms. The Hall–Kier alpha value is -2.11. The summed E-state index contributed by atoms with van der Waals surface area (Å²) < 4.78 is 4.81. The molecular formula is C8H6N4O2. The minimum absolute atomic E-state index is 0.0862. The fourth-order valence-corrected chi connectivity index (χ4v) is 0.996. The second-order valence-electron chi connectivity index (χ2n) is 2.53. The molecule has 0 amide bonds. The molecule has 0 fully saturated rings. The Bertz CT molecular complexity index is 480. The van der Waals surface area contributed by atoms with Gasteiger partial charge in [0.15, 0.2) is 5.52 Å². The Morgan fingerprint density at radius 3 is 2.93 bits per heavy atom. The Labute approximate surface area is 79.0 Å². The minimum atomic E-state index is -0.461. The van der Waals surface area contributed by atoms with Crippen molar-refractivity contribution in [1.82, 2.24) is 20.2 Å². The van der Waals surface area contributed by atoms with Gasteiger partial charge in [0.25, 0.3) is 5.88 Å². The van der Waals surface area contributed by atoms with Crippen molar-refractivity contribution >= 4 is 17.0 Å². The van der Waals surface area contributed by atoms with Crippen molar-refractivity contribution in [2.24, 2.45) is 0 Å². The predicted molar refractivity (Wildman–Crippen MR) is 46.4 cm³/mol. The van der Waals surface area contributed by atoms with E-state index < -0.39 is 5.97 Å². The number of esters is 1. The van der Waals surface area contributed by atoms with Gasteiger partial charge in [-0.1, -0.05) is 0 Å². The van der Waals surface area contributed by atoms with Crippen LogP contribution < -0.4 is 4.74 Å². The van der Waals surface area contributed by atoms with Gasteiger partial charge in [-0.15, -0.1) is 5.10 Å². The summed E-state index contributed by atoms with van der Waals surface area (Å²) in [5.74, 6) is -0.374. The van der Waals surface area contributed by atoms with E-state index in [1.807, 2.05) is 0 Å². The molecule has 0 bridgehead atoms. The first-order valence-electron chi connectivity index (χ1n) is 3.88. The summed E-state index contributed by atoms with van der Waals surface area (Å²) in [4.78, 5) is 18.7. The van der Waals surface area contributed by atoms with Crippen LogP contribution in [-0.4, -0.2) is 26.1 Å². The van der Waals surface area contributed by atoms with Gasteiger partial charge in [-0.3, -0.25) is 9.78 Å². The molecule has 6 heteroatoms. The molecule has 0 saturated heterocycles. The van der Waals surface area contributed by atoms with Crippen LogP contribution in [0.2, 0.25) is 0 Å². The number of carbonyl (C=O) groups is 1. The van der Waals surface area contributed by atoms with Crippen LogP contribution in [0.25, 0.3) is 11.0 Å². The number of rotatable bonds is 1. The van der Waals surface area contributed by atoms with Crippen LogP contribution in [0.4, 0.5) is 0 Å². The molecule has 0 aromatic carbocycles. The Morgan fingerprint density at radius 1 is 1.36 bits per heavy atom. The maximum Gasteiger partial charge on any atom is 0.309 e. The SMILES string of the molecule is CC(=O)Oc1nncc2nccnc12. The molecule has 0 aliphatic carbocycles. The number of aromatic nitrogens is 4. The highest BCUT2D eigenvalue weighted by Gasteiger charge is 2.08. The molecule has 0 N–H and O–H groups in total. The Morgan fingerprint density at radius 2 is 2.14 bits per heavy atom. The summed E-state index contributed by atoms with van der Waals surface area (Å²) >= 11 is 0. The summed E-state index contributed by atoms with van der Waals surface area (Å²) in [5, 5.41) is 7.29. The zero-order chi connectivity index (χ0) is 9.97. The summed E-state index contributed by atoms with van der Waals surface area (Å²) in [6, 6.07) is 0. The van der Waals surface area contributed by atoms with Crippen molar-refractivity contribution in [2.75, 3.05) is 0 Å². The van der Waals surface area contributed by atoms with Gasteiger partial charge < -0.3 is 4.74 Å². The number of hydrogen-bond acceptors (Lipinski definition) is 6. The topological polar surface area (TPSA) is 77.9 Å². The molecule has 14 heavy (non-hydrogen) atoms. The van der Waals surface area contributed by atoms with Crippen LogP contribution in [0, 0.1) is 0 Å². The van der Waals surface area contributed by atoms with E-state index >= 15 is 0 Å². The lowest BCUT2D eigenvalue weighted by Crippen LogP contribution is -2.05. The molecule has 2 rings (SSSR count). The van der Waals surface area contributed by atoms with E-state index in [1.165, 1.54) is 25.5 Å². The highest BCUT2D eigenvalue weighted by atomic mass is 16.5. The molecule has 0 radical (unpaired) electrons. The number of fused-ring (bicyclic) bond motifs is 1. The third kappa shape index (κ3) is 1.49. The molecule has 2 heterocycles. The molecule has 0 aliphatic heterocycles. The molecule has 6 nitrogen and oxygen atoms in total. The number of nitrogens with zero attached hydrogens (tertiary/aromatic N) is 4. The second-order valence-corrected chi connectivity index (χ2v) is 2.53. The van der Waals surface area contributed by atoms with Gasteiger partial charge in [0.1, 0.15) is 5.52 Å². The lowest BCUT2D eigenvalue weighted by atomic mass is 10.4.